The molecule has 3 rings (SSSR count). The highest BCUT2D eigenvalue weighted by Crippen LogP contribution is 2.42. The molecule has 1 aromatic heterocycles. The van der Waals surface area contributed by atoms with Gasteiger partial charge in [0.1, 0.15) is 0 Å². The van der Waals surface area contributed by atoms with Crippen LogP contribution < -0.4 is 0 Å². The van der Waals surface area contributed by atoms with Crippen molar-refractivity contribution >= 4 is 11.9 Å². The van der Waals surface area contributed by atoms with E-state index in [0.717, 1.165) is 64.4 Å². The molecule has 14 heteroatoms. The number of rotatable bonds is 6. The van der Waals surface area contributed by atoms with E-state index in [1.807, 2.05) is 0 Å². The zero-order valence-corrected chi connectivity index (χ0v) is 20.6. The van der Waals surface area contributed by atoms with Gasteiger partial charge >= 0.3 is 24.3 Å². The number of aryl methyl sites for hydroxylation is 1. The number of alkyl halides is 6. The molecular formula is C23H32F6N2O6. The van der Waals surface area contributed by atoms with Crippen LogP contribution in [0.5, 0.6) is 0 Å². The second kappa shape index (κ2) is 14.5. The largest absolute Gasteiger partial charge is 0.490 e. The first-order chi connectivity index (χ1) is 17.1. The summed E-state index contributed by atoms with van der Waals surface area (Å²) in [6.45, 7) is 9.93. The van der Waals surface area contributed by atoms with E-state index in [9.17, 15) is 26.3 Å². The SMILES string of the molecule is CCOCCC1CCOC12CCN(Cc1cccc(C)n1)CC2.O=C(O)C(F)(F)F.O=C(O)C(F)(F)F. The Balaban J connectivity index is 0.000000404. The van der Waals surface area contributed by atoms with Crippen molar-refractivity contribution < 1.29 is 55.6 Å². The Bertz CT molecular complexity index is 833. The predicted octanol–water partition coefficient (Wildman–Crippen LogP) is 4.45. The average Bonchev–Trinajstić information content (AvgIpc) is 3.17. The smallest absolute Gasteiger partial charge is 0.475 e. The molecule has 3 heterocycles. The topological polar surface area (TPSA) is 109 Å². The highest BCUT2D eigenvalue weighted by atomic mass is 19.4. The highest BCUT2D eigenvalue weighted by Gasteiger charge is 2.45. The number of carbonyl (C=O) groups is 2. The van der Waals surface area contributed by atoms with Gasteiger partial charge in [-0.2, -0.15) is 26.3 Å². The number of halogens is 6. The number of hydrogen-bond donors (Lipinski definition) is 2. The van der Waals surface area contributed by atoms with Gasteiger partial charge in [-0.25, -0.2) is 9.59 Å². The van der Waals surface area contributed by atoms with Gasteiger partial charge < -0.3 is 19.7 Å². The van der Waals surface area contributed by atoms with E-state index in [1.54, 1.807) is 0 Å². The normalized spacial score (nSPS) is 19.4. The zero-order valence-electron chi connectivity index (χ0n) is 20.6. The molecule has 2 fully saturated rings. The summed E-state index contributed by atoms with van der Waals surface area (Å²) in [6.07, 6.45) is -5.52. The van der Waals surface area contributed by atoms with Gasteiger partial charge in [0.2, 0.25) is 0 Å². The Kier molecular flexibility index (Phi) is 12.7. The van der Waals surface area contributed by atoms with E-state index in [4.69, 9.17) is 29.3 Å². The zero-order chi connectivity index (χ0) is 28.3. The third-order valence-electron chi connectivity index (χ3n) is 5.93. The summed E-state index contributed by atoms with van der Waals surface area (Å²) in [7, 11) is 0. The number of carboxylic acids is 2. The molecule has 0 aromatic carbocycles. The van der Waals surface area contributed by atoms with Crippen molar-refractivity contribution in [1.29, 1.82) is 0 Å². The van der Waals surface area contributed by atoms with Crippen molar-refractivity contribution in [3.8, 4) is 0 Å². The molecule has 0 saturated carbocycles. The van der Waals surface area contributed by atoms with E-state index < -0.39 is 24.3 Å². The van der Waals surface area contributed by atoms with Crippen LogP contribution >= 0.6 is 0 Å². The number of pyridine rings is 1. The van der Waals surface area contributed by atoms with Crippen LogP contribution in [-0.4, -0.2) is 82.9 Å². The third kappa shape index (κ3) is 11.6. The maximum absolute atomic E-state index is 10.6. The van der Waals surface area contributed by atoms with E-state index in [2.05, 4.69) is 41.9 Å². The Morgan fingerprint density at radius 3 is 2.11 bits per heavy atom. The molecule has 2 N–H and O–H groups in total. The first kappa shape index (κ1) is 32.6. The number of hydrogen-bond acceptors (Lipinski definition) is 6. The lowest BCUT2D eigenvalue weighted by atomic mass is 9.78. The minimum atomic E-state index is -5.08. The van der Waals surface area contributed by atoms with E-state index in [-0.39, 0.29) is 5.60 Å². The van der Waals surface area contributed by atoms with Crippen molar-refractivity contribution in [3.63, 3.8) is 0 Å². The number of ether oxygens (including phenoxy) is 2. The van der Waals surface area contributed by atoms with Gasteiger partial charge in [-0.05, 0) is 57.6 Å². The molecular weight excluding hydrogens is 514 g/mol. The minimum absolute atomic E-state index is 0.119. The minimum Gasteiger partial charge on any atom is -0.475 e. The molecule has 1 spiro atoms. The van der Waals surface area contributed by atoms with Crippen LogP contribution in [0.4, 0.5) is 26.3 Å². The molecule has 0 radical (unpaired) electrons. The van der Waals surface area contributed by atoms with Crippen molar-refractivity contribution in [3.05, 3.63) is 29.6 Å². The fourth-order valence-electron chi connectivity index (χ4n) is 4.12. The second-order valence-electron chi connectivity index (χ2n) is 8.54. The number of aliphatic carboxylic acids is 2. The maximum Gasteiger partial charge on any atom is 0.490 e. The molecule has 0 aliphatic carbocycles. The van der Waals surface area contributed by atoms with E-state index >= 15 is 0 Å². The Labute approximate surface area is 210 Å². The number of aromatic nitrogens is 1. The third-order valence-corrected chi connectivity index (χ3v) is 5.93. The molecule has 212 valence electrons. The average molecular weight is 547 g/mol. The molecule has 2 saturated heterocycles. The number of piperidine rings is 1. The highest BCUT2D eigenvalue weighted by molar-refractivity contribution is 5.73. The van der Waals surface area contributed by atoms with Crippen molar-refractivity contribution in [2.75, 3.05) is 32.9 Å². The molecule has 1 aromatic rings. The van der Waals surface area contributed by atoms with Gasteiger partial charge in [0.05, 0.1) is 11.3 Å². The summed E-state index contributed by atoms with van der Waals surface area (Å²) in [4.78, 5) is 24.9. The number of carboxylic acid groups (broad SMARTS) is 2. The number of nitrogens with zero attached hydrogens (tertiary/aromatic N) is 2. The van der Waals surface area contributed by atoms with E-state index in [1.165, 1.54) is 12.1 Å². The Morgan fingerprint density at radius 2 is 1.65 bits per heavy atom. The lowest BCUT2D eigenvalue weighted by Crippen LogP contribution is -2.47. The van der Waals surface area contributed by atoms with Gasteiger partial charge in [0.25, 0.3) is 0 Å². The van der Waals surface area contributed by atoms with Gasteiger partial charge in [0, 0.05) is 45.1 Å². The van der Waals surface area contributed by atoms with Crippen LogP contribution in [0.25, 0.3) is 0 Å². The number of likely N-dealkylation sites (tertiary alicyclic amines) is 1. The lowest BCUT2D eigenvalue weighted by Gasteiger charge is -2.42. The van der Waals surface area contributed by atoms with Crippen molar-refractivity contribution in [1.82, 2.24) is 9.88 Å². The monoisotopic (exact) mass is 546 g/mol. The molecule has 2 aliphatic rings. The quantitative estimate of drug-likeness (QED) is 0.398. The first-order valence-electron chi connectivity index (χ1n) is 11.6. The Morgan fingerprint density at radius 1 is 1.11 bits per heavy atom. The first-order valence-corrected chi connectivity index (χ1v) is 11.6. The maximum atomic E-state index is 10.6. The van der Waals surface area contributed by atoms with Crippen molar-refractivity contribution in [2.24, 2.45) is 5.92 Å². The molecule has 37 heavy (non-hydrogen) atoms. The molecule has 0 amide bonds. The molecule has 0 bridgehead atoms. The fourth-order valence-corrected chi connectivity index (χ4v) is 4.12. The summed E-state index contributed by atoms with van der Waals surface area (Å²) in [5.41, 5.74) is 2.40. The van der Waals surface area contributed by atoms with Crippen molar-refractivity contribution in [2.45, 2.75) is 64.0 Å². The van der Waals surface area contributed by atoms with Crippen LogP contribution in [0.3, 0.4) is 0 Å². The molecule has 1 atom stereocenters. The lowest BCUT2D eigenvalue weighted by molar-refractivity contribution is -0.193. The van der Waals surface area contributed by atoms with Gasteiger partial charge in [0.15, 0.2) is 0 Å². The summed E-state index contributed by atoms with van der Waals surface area (Å²) in [5.74, 6) is -4.84. The van der Waals surface area contributed by atoms with E-state index in [0.29, 0.717) is 5.92 Å². The molecule has 8 nitrogen and oxygen atoms in total. The second-order valence-corrected chi connectivity index (χ2v) is 8.54. The fraction of sp³-hybridized carbons (Fsp3) is 0.696. The standard InChI is InChI=1S/C19H30N2O2.2C2HF3O2/c1-3-22-13-7-17-8-14-23-19(17)9-11-21(12-10-19)15-18-6-4-5-16(2)20-18;2*3-2(4,5)1(6)7/h4-6,17H,3,7-15H2,1-2H3;2*(H,6,7). The van der Waals surface area contributed by atoms with Gasteiger partial charge in [-0.3, -0.25) is 9.88 Å². The molecule has 2 aliphatic heterocycles. The van der Waals surface area contributed by atoms with Gasteiger partial charge in [-0.1, -0.05) is 6.07 Å². The van der Waals surface area contributed by atoms with Crippen LogP contribution in [0.15, 0.2) is 18.2 Å². The van der Waals surface area contributed by atoms with Gasteiger partial charge in [-0.15, -0.1) is 0 Å². The van der Waals surface area contributed by atoms with Crippen LogP contribution in [0, 0.1) is 12.8 Å². The molecule has 1 unspecified atom stereocenters. The summed E-state index contributed by atoms with van der Waals surface area (Å²) < 4.78 is 75.3. The van der Waals surface area contributed by atoms with Crippen LogP contribution in [0.1, 0.15) is 44.0 Å². The summed E-state index contributed by atoms with van der Waals surface area (Å²) in [6, 6.07) is 6.30. The summed E-state index contributed by atoms with van der Waals surface area (Å²) in [5, 5.41) is 14.2. The Hall–Kier alpha value is -2.45. The van der Waals surface area contributed by atoms with Crippen LogP contribution in [-0.2, 0) is 25.6 Å². The van der Waals surface area contributed by atoms with Crippen LogP contribution in [0.2, 0.25) is 0 Å². The summed E-state index contributed by atoms with van der Waals surface area (Å²) >= 11 is 0. The predicted molar refractivity (Wildman–Crippen MR) is 119 cm³/mol.